The van der Waals surface area contributed by atoms with Gasteiger partial charge in [-0.1, -0.05) is 25.6 Å². The average Bonchev–Trinajstić information content (AvgIpc) is 2.63. The van der Waals surface area contributed by atoms with Crippen molar-refractivity contribution in [2.24, 2.45) is 5.92 Å². The van der Waals surface area contributed by atoms with Gasteiger partial charge in [0.25, 0.3) is 5.56 Å². The SMILES string of the molecule is CC(C)Cn1c(N)c(C(=O)CSc2ccc(S(=O)(=O)N(C)C)cn2)c(=O)[nH]c1=O. The number of aromatic nitrogens is 3. The van der Waals surface area contributed by atoms with E-state index in [-0.39, 0.29) is 34.5 Å². The molecule has 0 aromatic carbocycles. The first-order valence-corrected chi connectivity index (χ1v) is 11.0. The maximum atomic E-state index is 12.6. The number of hydrogen-bond acceptors (Lipinski definition) is 8. The van der Waals surface area contributed by atoms with Crippen molar-refractivity contribution in [2.75, 3.05) is 25.6 Å². The molecular weight excluding hydrogens is 418 g/mol. The van der Waals surface area contributed by atoms with Crippen LogP contribution in [0.15, 0.2) is 37.8 Å². The number of ketones is 1. The summed E-state index contributed by atoms with van der Waals surface area (Å²) in [5.41, 5.74) is 4.15. The van der Waals surface area contributed by atoms with Gasteiger partial charge in [0.05, 0.1) is 10.8 Å². The highest BCUT2D eigenvalue weighted by Crippen LogP contribution is 2.20. The largest absolute Gasteiger partial charge is 0.384 e. The molecule has 0 aliphatic carbocycles. The molecule has 3 N–H and O–H groups in total. The van der Waals surface area contributed by atoms with E-state index >= 15 is 0 Å². The Balaban J connectivity index is 2.22. The number of hydrogen-bond donors (Lipinski definition) is 2. The monoisotopic (exact) mass is 441 g/mol. The lowest BCUT2D eigenvalue weighted by Gasteiger charge is -2.13. The van der Waals surface area contributed by atoms with Crippen LogP contribution in [0.3, 0.4) is 0 Å². The van der Waals surface area contributed by atoms with Crippen molar-refractivity contribution in [3.63, 3.8) is 0 Å². The van der Waals surface area contributed by atoms with Gasteiger partial charge in [-0.2, -0.15) is 0 Å². The molecule has 158 valence electrons. The number of nitrogens with two attached hydrogens (primary N) is 1. The third-order valence-electron chi connectivity index (χ3n) is 3.91. The summed E-state index contributed by atoms with van der Waals surface area (Å²) in [5.74, 6) is -0.796. The second-order valence-electron chi connectivity index (χ2n) is 6.86. The molecule has 0 radical (unpaired) electrons. The fourth-order valence-corrected chi connectivity index (χ4v) is 3.99. The summed E-state index contributed by atoms with van der Waals surface area (Å²) in [6.45, 7) is 4.01. The van der Waals surface area contributed by atoms with Crippen LogP contribution in [0.1, 0.15) is 24.2 Å². The highest BCUT2D eigenvalue weighted by molar-refractivity contribution is 7.99. The molecule has 0 saturated carbocycles. The number of anilines is 1. The molecule has 0 bridgehead atoms. The number of Topliss-reactive ketones (excluding diaryl/α,β-unsaturated/α-hetero) is 1. The Morgan fingerprint density at radius 2 is 1.97 bits per heavy atom. The van der Waals surface area contributed by atoms with Crippen LogP contribution in [-0.2, 0) is 16.6 Å². The minimum absolute atomic E-state index is 0.0274. The summed E-state index contributed by atoms with van der Waals surface area (Å²) in [6.07, 6.45) is 1.20. The molecule has 0 saturated heterocycles. The zero-order chi connectivity index (χ0) is 21.9. The highest BCUT2D eigenvalue weighted by Gasteiger charge is 2.21. The second kappa shape index (κ2) is 8.93. The van der Waals surface area contributed by atoms with Crippen molar-refractivity contribution in [3.8, 4) is 0 Å². The van der Waals surface area contributed by atoms with E-state index in [9.17, 15) is 22.8 Å². The van der Waals surface area contributed by atoms with Gasteiger partial charge in [-0.05, 0) is 18.1 Å². The molecule has 0 unspecified atom stereocenters. The number of nitrogens with zero attached hydrogens (tertiary/aromatic N) is 3. The highest BCUT2D eigenvalue weighted by atomic mass is 32.2. The Labute approximate surface area is 172 Å². The van der Waals surface area contributed by atoms with Gasteiger partial charge in [0.1, 0.15) is 16.3 Å². The Bertz CT molecular complexity index is 1120. The van der Waals surface area contributed by atoms with Gasteiger partial charge in [-0.3, -0.25) is 19.1 Å². The first-order valence-electron chi connectivity index (χ1n) is 8.62. The van der Waals surface area contributed by atoms with E-state index in [0.717, 1.165) is 16.1 Å². The number of carbonyl (C=O) groups is 1. The summed E-state index contributed by atoms with van der Waals surface area (Å²) in [6, 6.07) is 2.86. The average molecular weight is 442 g/mol. The fourth-order valence-electron chi connectivity index (χ4n) is 2.43. The lowest BCUT2D eigenvalue weighted by Crippen LogP contribution is -2.37. The van der Waals surface area contributed by atoms with Crippen molar-refractivity contribution in [1.82, 2.24) is 18.8 Å². The Morgan fingerprint density at radius 1 is 1.31 bits per heavy atom. The molecule has 2 aromatic heterocycles. The van der Waals surface area contributed by atoms with E-state index in [1.165, 1.54) is 37.0 Å². The lowest BCUT2D eigenvalue weighted by atomic mass is 10.2. The molecular formula is C17H23N5O5S2. The third-order valence-corrected chi connectivity index (χ3v) is 6.65. The summed E-state index contributed by atoms with van der Waals surface area (Å²) < 4.78 is 26.3. The van der Waals surface area contributed by atoms with Gasteiger partial charge in [-0.15, -0.1) is 0 Å². The van der Waals surface area contributed by atoms with Gasteiger partial charge in [0.2, 0.25) is 10.0 Å². The molecule has 2 rings (SSSR count). The number of sulfonamides is 1. The Hall–Kier alpha value is -2.44. The van der Waals surface area contributed by atoms with Crippen LogP contribution in [0, 0.1) is 5.92 Å². The molecule has 0 aliphatic rings. The quantitative estimate of drug-likeness (QED) is 0.442. The van der Waals surface area contributed by atoms with E-state index in [2.05, 4.69) is 9.97 Å². The first-order chi connectivity index (χ1) is 13.4. The molecule has 0 fully saturated rings. The predicted molar refractivity (Wildman–Crippen MR) is 111 cm³/mol. The van der Waals surface area contributed by atoms with Crippen LogP contribution in [0.25, 0.3) is 0 Å². The zero-order valence-corrected chi connectivity index (χ0v) is 18.1. The molecule has 2 aromatic rings. The molecule has 12 heteroatoms. The molecule has 29 heavy (non-hydrogen) atoms. The summed E-state index contributed by atoms with van der Waals surface area (Å²) in [5, 5.41) is 0.404. The van der Waals surface area contributed by atoms with Crippen molar-refractivity contribution in [3.05, 3.63) is 44.7 Å². The molecule has 10 nitrogen and oxygen atoms in total. The van der Waals surface area contributed by atoms with Crippen molar-refractivity contribution < 1.29 is 13.2 Å². The minimum Gasteiger partial charge on any atom is -0.384 e. The molecule has 0 aliphatic heterocycles. The smallest absolute Gasteiger partial charge is 0.329 e. The van der Waals surface area contributed by atoms with Gasteiger partial charge in [0.15, 0.2) is 5.78 Å². The summed E-state index contributed by atoms with van der Waals surface area (Å²) in [4.78, 5) is 42.8. The number of rotatable bonds is 8. The number of H-pyrrole nitrogens is 1. The van der Waals surface area contributed by atoms with E-state index in [4.69, 9.17) is 5.73 Å². The normalized spacial score (nSPS) is 11.9. The van der Waals surface area contributed by atoms with Gasteiger partial charge >= 0.3 is 5.69 Å². The number of carbonyl (C=O) groups excluding carboxylic acids is 1. The second-order valence-corrected chi connectivity index (χ2v) is 10.0. The van der Waals surface area contributed by atoms with Crippen LogP contribution in [0.2, 0.25) is 0 Å². The van der Waals surface area contributed by atoms with E-state index in [1.54, 1.807) is 0 Å². The number of pyridine rings is 1. The van der Waals surface area contributed by atoms with Crippen molar-refractivity contribution in [2.45, 2.75) is 30.3 Å². The fraction of sp³-hybridized carbons (Fsp3) is 0.412. The van der Waals surface area contributed by atoms with Crippen LogP contribution < -0.4 is 17.0 Å². The van der Waals surface area contributed by atoms with Crippen LogP contribution in [-0.4, -0.2) is 52.9 Å². The van der Waals surface area contributed by atoms with E-state index < -0.39 is 27.1 Å². The van der Waals surface area contributed by atoms with Crippen LogP contribution in [0.4, 0.5) is 5.82 Å². The van der Waals surface area contributed by atoms with Gasteiger partial charge < -0.3 is 5.73 Å². The Kier molecular flexibility index (Phi) is 7.03. The third kappa shape index (κ3) is 5.14. The van der Waals surface area contributed by atoms with E-state index in [0.29, 0.717) is 5.03 Å². The summed E-state index contributed by atoms with van der Waals surface area (Å²) in [7, 11) is -0.770. The van der Waals surface area contributed by atoms with E-state index in [1.807, 2.05) is 13.8 Å². The van der Waals surface area contributed by atoms with Gasteiger partial charge in [-0.25, -0.2) is 22.5 Å². The number of nitrogen functional groups attached to an aromatic ring is 1. The number of nitrogens with one attached hydrogen (secondary N) is 1. The van der Waals surface area contributed by atoms with Crippen molar-refractivity contribution >= 4 is 33.4 Å². The Morgan fingerprint density at radius 3 is 2.48 bits per heavy atom. The number of aromatic amines is 1. The maximum Gasteiger partial charge on any atom is 0.329 e. The number of thioether (sulfide) groups is 1. The molecule has 2 heterocycles. The maximum absolute atomic E-state index is 12.6. The standard InChI is InChI=1S/C17H23N5O5S2/c1-10(2)8-22-15(18)14(16(24)20-17(22)25)12(23)9-28-13-6-5-11(7-19-13)29(26,27)21(3)4/h5-7,10H,8-9,18H2,1-4H3,(H,20,24,25). The molecule has 0 amide bonds. The van der Waals surface area contributed by atoms with Crippen LogP contribution in [0.5, 0.6) is 0 Å². The van der Waals surface area contributed by atoms with Crippen molar-refractivity contribution in [1.29, 1.82) is 0 Å². The zero-order valence-electron chi connectivity index (χ0n) is 16.5. The van der Waals surface area contributed by atoms with Gasteiger partial charge in [0, 0.05) is 26.8 Å². The predicted octanol–water partition coefficient (Wildman–Crippen LogP) is 0.395. The first kappa shape index (κ1) is 22.8. The molecule has 0 spiro atoms. The minimum atomic E-state index is -3.60. The van der Waals surface area contributed by atoms with Crippen LogP contribution >= 0.6 is 11.8 Å². The summed E-state index contributed by atoms with van der Waals surface area (Å²) >= 11 is 1.03. The molecule has 0 atom stereocenters. The topological polar surface area (TPSA) is 148 Å². The lowest BCUT2D eigenvalue weighted by molar-refractivity contribution is 0.102.